The maximum absolute atomic E-state index is 6.03. The molecule has 0 spiro atoms. The van der Waals surface area contributed by atoms with Gasteiger partial charge in [0.05, 0.1) is 6.20 Å². The summed E-state index contributed by atoms with van der Waals surface area (Å²) in [5.41, 5.74) is 8.41. The van der Waals surface area contributed by atoms with E-state index in [0.29, 0.717) is 0 Å². The molecule has 0 bridgehead atoms. The van der Waals surface area contributed by atoms with Gasteiger partial charge in [0.15, 0.2) is 0 Å². The molecule has 1 atom stereocenters. The Bertz CT molecular complexity index is 421. The molecule has 4 nitrogen and oxygen atoms in total. The van der Waals surface area contributed by atoms with E-state index < -0.39 is 0 Å². The topological polar surface area (TPSA) is 55.9 Å². The molecular weight excluding hydrogens is 220 g/mol. The van der Waals surface area contributed by atoms with Crippen molar-refractivity contribution in [2.75, 3.05) is 6.54 Å². The summed E-state index contributed by atoms with van der Waals surface area (Å²) in [5, 5.41) is 11.7. The first kappa shape index (κ1) is 11.3. The van der Waals surface area contributed by atoms with Crippen molar-refractivity contribution in [1.82, 2.24) is 15.1 Å². The zero-order chi connectivity index (χ0) is 11.4. The number of rotatable bonds is 5. The zero-order valence-electron chi connectivity index (χ0n) is 9.26. The molecule has 0 amide bonds. The average molecular weight is 236 g/mol. The van der Waals surface area contributed by atoms with Crippen LogP contribution >= 0.6 is 11.3 Å². The lowest BCUT2D eigenvalue weighted by molar-refractivity contribution is 0.598. The van der Waals surface area contributed by atoms with Crippen molar-refractivity contribution in [3.63, 3.8) is 0 Å². The normalized spacial score (nSPS) is 12.9. The van der Waals surface area contributed by atoms with Crippen molar-refractivity contribution in [3.05, 3.63) is 40.3 Å². The first-order valence-electron chi connectivity index (χ1n) is 5.21. The van der Waals surface area contributed by atoms with Crippen molar-refractivity contribution in [1.29, 1.82) is 0 Å². The van der Waals surface area contributed by atoms with Gasteiger partial charge in [-0.1, -0.05) is 0 Å². The molecule has 86 valence electrons. The lowest BCUT2D eigenvalue weighted by atomic mass is 10.2. The highest BCUT2D eigenvalue weighted by Crippen LogP contribution is 2.08. The lowest BCUT2D eigenvalue weighted by Crippen LogP contribution is -2.26. The van der Waals surface area contributed by atoms with Gasteiger partial charge in [-0.2, -0.15) is 16.4 Å². The van der Waals surface area contributed by atoms with Gasteiger partial charge >= 0.3 is 0 Å². The maximum atomic E-state index is 6.03. The molecular formula is C11H16N4S. The van der Waals surface area contributed by atoms with E-state index in [0.717, 1.165) is 18.7 Å². The van der Waals surface area contributed by atoms with Crippen molar-refractivity contribution >= 4 is 11.3 Å². The summed E-state index contributed by atoms with van der Waals surface area (Å²) in [5.74, 6) is 0. The third-order valence-electron chi connectivity index (χ3n) is 2.43. The molecule has 0 aliphatic carbocycles. The van der Waals surface area contributed by atoms with Crippen LogP contribution in [-0.2, 0) is 13.6 Å². The van der Waals surface area contributed by atoms with Crippen LogP contribution < -0.4 is 11.1 Å². The molecule has 0 saturated carbocycles. The Morgan fingerprint density at radius 3 is 3.12 bits per heavy atom. The average Bonchev–Trinajstić information content (AvgIpc) is 2.89. The summed E-state index contributed by atoms with van der Waals surface area (Å²) >= 11 is 1.71. The Hall–Kier alpha value is -1.17. The third kappa shape index (κ3) is 2.91. The molecule has 0 saturated heterocycles. The summed E-state index contributed by atoms with van der Waals surface area (Å²) in [7, 11) is 1.90. The van der Waals surface area contributed by atoms with Crippen molar-refractivity contribution in [2.24, 2.45) is 12.8 Å². The van der Waals surface area contributed by atoms with E-state index in [2.05, 4.69) is 27.2 Å². The first-order chi connectivity index (χ1) is 7.75. The van der Waals surface area contributed by atoms with E-state index in [9.17, 15) is 0 Å². The van der Waals surface area contributed by atoms with E-state index in [-0.39, 0.29) is 6.04 Å². The highest BCUT2D eigenvalue weighted by Gasteiger charge is 2.07. The molecule has 0 radical (unpaired) electrons. The van der Waals surface area contributed by atoms with E-state index in [1.54, 1.807) is 16.0 Å². The van der Waals surface area contributed by atoms with Crippen LogP contribution in [0, 0.1) is 0 Å². The molecule has 0 fully saturated rings. The van der Waals surface area contributed by atoms with Crippen molar-refractivity contribution in [3.8, 4) is 0 Å². The molecule has 16 heavy (non-hydrogen) atoms. The Morgan fingerprint density at radius 2 is 2.50 bits per heavy atom. The molecule has 5 heteroatoms. The highest BCUT2D eigenvalue weighted by atomic mass is 32.1. The second-order valence-electron chi connectivity index (χ2n) is 3.82. The fourth-order valence-corrected chi connectivity index (χ4v) is 2.18. The molecule has 0 aliphatic rings. The van der Waals surface area contributed by atoms with Gasteiger partial charge in [-0.3, -0.25) is 4.68 Å². The second kappa shape index (κ2) is 5.25. The molecule has 2 heterocycles. The van der Waals surface area contributed by atoms with Crippen LogP contribution in [0.4, 0.5) is 0 Å². The standard InChI is InChI=1S/C11H16N4S/c1-15-7-10(5-14-15)11(12)6-13-4-9-2-3-16-8-9/h2-3,5,7-8,11,13H,4,6,12H2,1H3. The molecule has 2 rings (SSSR count). The first-order valence-corrected chi connectivity index (χ1v) is 6.16. The number of aryl methyl sites for hydroxylation is 1. The lowest BCUT2D eigenvalue weighted by Gasteiger charge is -2.10. The summed E-state index contributed by atoms with van der Waals surface area (Å²) in [4.78, 5) is 0. The Morgan fingerprint density at radius 1 is 1.62 bits per heavy atom. The molecule has 0 aliphatic heterocycles. The molecule has 2 aromatic rings. The van der Waals surface area contributed by atoms with Crippen LogP contribution in [0.1, 0.15) is 17.2 Å². The minimum atomic E-state index is 0.00679. The number of thiophene rings is 1. The monoisotopic (exact) mass is 236 g/mol. The minimum absolute atomic E-state index is 0.00679. The van der Waals surface area contributed by atoms with Gasteiger partial charge < -0.3 is 11.1 Å². The second-order valence-corrected chi connectivity index (χ2v) is 4.60. The third-order valence-corrected chi connectivity index (χ3v) is 3.16. The van der Waals surface area contributed by atoms with Crippen molar-refractivity contribution < 1.29 is 0 Å². The summed E-state index contributed by atoms with van der Waals surface area (Å²) in [6.45, 7) is 1.64. The van der Waals surface area contributed by atoms with Gasteiger partial charge in [-0.05, 0) is 22.4 Å². The Balaban J connectivity index is 1.78. The largest absolute Gasteiger partial charge is 0.323 e. The van der Waals surface area contributed by atoms with E-state index >= 15 is 0 Å². The van der Waals surface area contributed by atoms with Gasteiger partial charge in [0, 0.05) is 37.9 Å². The number of nitrogens with two attached hydrogens (primary N) is 1. The van der Waals surface area contributed by atoms with E-state index in [4.69, 9.17) is 5.73 Å². The summed E-state index contributed by atoms with van der Waals surface area (Å²) in [6.07, 6.45) is 3.77. The smallest absolute Gasteiger partial charge is 0.0537 e. The SMILES string of the molecule is Cn1cc(C(N)CNCc2ccsc2)cn1. The Labute approximate surface area is 99.1 Å². The fourth-order valence-electron chi connectivity index (χ4n) is 1.51. The van der Waals surface area contributed by atoms with Crippen LogP contribution in [0.3, 0.4) is 0 Å². The van der Waals surface area contributed by atoms with Crippen LogP contribution in [0.25, 0.3) is 0 Å². The quantitative estimate of drug-likeness (QED) is 0.822. The molecule has 1 unspecified atom stereocenters. The highest BCUT2D eigenvalue weighted by molar-refractivity contribution is 7.07. The number of aromatic nitrogens is 2. The van der Waals surface area contributed by atoms with Crippen LogP contribution in [0.5, 0.6) is 0 Å². The Kier molecular flexibility index (Phi) is 3.71. The van der Waals surface area contributed by atoms with Crippen LogP contribution in [0.2, 0.25) is 0 Å². The van der Waals surface area contributed by atoms with Crippen molar-refractivity contribution in [2.45, 2.75) is 12.6 Å². The van der Waals surface area contributed by atoms with E-state index in [1.165, 1.54) is 5.56 Å². The predicted molar refractivity (Wildman–Crippen MR) is 66.2 cm³/mol. The maximum Gasteiger partial charge on any atom is 0.0537 e. The van der Waals surface area contributed by atoms with Gasteiger partial charge in [0.1, 0.15) is 0 Å². The van der Waals surface area contributed by atoms with Gasteiger partial charge in [0.2, 0.25) is 0 Å². The van der Waals surface area contributed by atoms with Gasteiger partial charge in [-0.15, -0.1) is 0 Å². The number of hydrogen-bond donors (Lipinski definition) is 2. The van der Waals surface area contributed by atoms with Crippen LogP contribution in [0.15, 0.2) is 29.2 Å². The number of nitrogens with one attached hydrogen (secondary N) is 1. The predicted octanol–water partition coefficient (Wildman–Crippen LogP) is 1.27. The fraction of sp³-hybridized carbons (Fsp3) is 0.364. The summed E-state index contributed by atoms with van der Waals surface area (Å²) < 4.78 is 1.77. The summed E-state index contributed by atoms with van der Waals surface area (Å²) in [6, 6.07) is 2.13. The number of nitrogens with zero attached hydrogens (tertiary/aromatic N) is 2. The zero-order valence-corrected chi connectivity index (χ0v) is 10.1. The van der Waals surface area contributed by atoms with Gasteiger partial charge in [-0.25, -0.2) is 0 Å². The number of hydrogen-bond acceptors (Lipinski definition) is 4. The minimum Gasteiger partial charge on any atom is -0.323 e. The van der Waals surface area contributed by atoms with E-state index in [1.807, 2.05) is 19.4 Å². The molecule has 2 aromatic heterocycles. The van der Waals surface area contributed by atoms with Crippen LogP contribution in [-0.4, -0.2) is 16.3 Å². The van der Waals surface area contributed by atoms with Gasteiger partial charge in [0.25, 0.3) is 0 Å². The molecule has 3 N–H and O–H groups in total. The molecule has 0 aromatic carbocycles.